The lowest BCUT2D eigenvalue weighted by Gasteiger charge is -2.25. The van der Waals surface area contributed by atoms with Crippen LogP contribution >= 0.6 is 11.3 Å². The average molecular weight is 373 g/mol. The van der Waals surface area contributed by atoms with Gasteiger partial charge in [-0.3, -0.25) is 10.1 Å². The number of thiophene rings is 1. The van der Waals surface area contributed by atoms with Gasteiger partial charge in [-0.2, -0.15) is 0 Å². The molecule has 3 N–H and O–H groups in total. The molecule has 0 saturated heterocycles. The number of anilines is 2. The zero-order chi connectivity index (χ0) is 18.7. The van der Waals surface area contributed by atoms with E-state index in [9.17, 15) is 19.5 Å². The Labute approximate surface area is 154 Å². The number of carbonyl (C=O) groups excluding carboxylic acids is 2. The molecule has 0 aliphatic heterocycles. The number of amides is 3. The van der Waals surface area contributed by atoms with Gasteiger partial charge in [0, 0.05) is 11.7 Å². The van der Waals surface area contributed by atoms with Crippen LogP contribution in [0.1, 0.15) is 29.4 Å². The predicted molar refractivity (Wildman–Crippen MR) is 99.7 cm³/mol. The SMILES string of the molecule is CC(C(=O)O)N(C(=O)c1ccc(NC(=O)Nc2ccccc2)s1)C1CC1. The van der Waals surface area contributed by atoms with Gasteiger partial charge >= 0.3 is 12.0 Å². The molecule has 1 atom stereocenters. The zero-order valence-corrected chi connectivity index (χ0v) is 15.0. The van der Waals surface area contributed by atoms with E-state index in [1.165, 1.54) is 11.8 Å². The zero-order valence-electron chi connectivity index (χ0n) is 14.1. The first kappa shape index (κ1) is 17.9. The minimum Gasteiger partial charge on any atom is -0.480 e. The maximum absolute atomic E-state index is 12.7. The third-order valence-electron chi connectivity index (χ3n) is 4.03. The maximum atomic E-state index is 12.7. The molecule has 0 radical (unpaired) electrons. The molecule has 1 unspecified atom stereocenters. The Morgan fingerprint density at radius 2 is 1.81 bits per heavy atom. The van der Waals surface area contributed by atoms with Gasteiger partial charge in [0.1, 0.15) is 6.04 Å². The summed E-state index contributed by atoms with van der Waals surface area (Å²) in [6.07, 6.45) is 1.64. The number of nitrogens with zero attached hydrogens (tertiary/aromatic N) is 1. The number of aliphatic carboxylic acids is 1. The third-order valence-corrected chi connectivity index (χ3v) is 5.02. The van der Waals surface area contributed by atoms with Crippen molar-refractivity contribution in [3.63, 3.8) is 0 Å². The fraction of sp³-hybridized carbons (Fsp3) is 0.278. The van der Waals surface area contributed by atoms with Gasteiger partial charge in [-0.05, 0) is 44.0 Å². The average Bonchev–Trinajstić information content (AvgIpc) is 3.33. The monoisotopic (exact) mass is 373 g/mol. The van der Waals surface area contributed by atoms with Crippen molar-refractivity contribution in [2.75, 3.05) is 10.6 Å². The summed E-state index contributed by atoms with van der Waals surface area (Å²) < 4.78 is 0. The Bertz CT molecular complexity index is 817. The van der Waals surface area contributed by atoms with Gasteiger partial charge in [0.25, 0.3) is 5.91 Å². The van der Waals surface area contributed by atoms with Crippen molar-refractivity contribution in [3.8, 4) is 0 Å². The van der Waals surface area contributed by atoms with E-state index in [-0.39, 0.29) is 11.9 Å². The quantitative estimate of drug-likeness (QED) is 0.722. The van der Waals surface area contributed by atoms with Crippen LogP contribution in [0, 0.1) is 0 Å². The van der Waals surface area contributed by atoms with E-state index in [4.69, 9.17) is 0 Å². The van der Waals surface area contributed by atoms with E-state index < -0.39 is 18.0 Å². The van der Waals surface area contributed by atoms with Gasteiger partial charge in [0.05, 0.1) is 9.88 Å². The van der Waals surface area contributed by atoms with E-state index in [1.54, 1.807) is 24.3 Å². The van der Waals surface area contributed by atoms with Crippen molar-refractivity contribution in [1.29, 1.82) is 0 Å². The molecule has 2 aromatic rings. The first-order chi connectivity index (χ1) is 12.5. The van der Waals surface area contributed by atoms with Crippen LogP contribution in [-0.2, 0) is 4.79 Å². The Kier molecular flexibility index (Phi) is 5.22. The van der Waals surface area contributed by atoms with E-state index in [0.717, 1.165) is 24.2 Å². The highest BCUT2D eigenvalue weighted by Gasteiger charge is 2.39. The van der Waals surface area contributed by atoms with E-state index in [2.05, 4.69) is 10.6 Å². The first-order valence-electron chi connectivity index (χ1n) is 8.24. The summed E-state index contributed by atoms with van der Waals surface area (Å²) in [5, 5.41) is 15.1. The van der Waals surface area contributed by atoms with Crippen LogP contribution in [0.5, 0.6) is 0 Å². The number of carboxylic acids is 1. The predicted octanol–water partition coefficient (Wildman–Crippen LogP) is 3.47. The van der Waals surface area contributed by atoms with Crippen LogP contribution in [0.3, 0.4) is 0 Å². The summed E-state index contributed by atoms with van der Waals surface area (Å²) in [5.41, 5.74) is 0.660. The largest absolute Gasteiger partial charge is 0.480 e. The third kappa shape index (κ3) is 4.20. The molecule has 1 aliphatic carbocycles. The lowest BCUT2D eigenvalue weighted by Crippen LogP contribution is -2.44. The number of urea groups is 1. The highest BCUT2D eigenvalue weighted by atomic mass is 32.1. The van der Waals surface area contributed by atoms with Crippen molar-refractivity contribution in [3.05, 3.63) is 47.3 Å². The lowest BCUT2D eigenvalue weighted by atomic mass is 10.2. The molecule has 0 bridgehead atoms. The number of carboxylic acid groups (broad SMARTS) is 1. The summed E-state index contributed by atoms with van der Waals surface area (Å²) in [5.74, 6) is -1.34. The van der Waals surface area contributed by atoms with Crippen molar-refractivity contribution in [2.24, 2.45) is 0 Å². The minimum absolute atomic E-state index is 0.0199. The molecule has 1 heterocycles. The number of carbonyl (C=O) groups is 3. The van der Waals surface area contributed by atoms with Crippen LogP contribution in [-0.4, -0.2) is 40.0 Å². The fourth-order valence-corrected chi connectivity index (χ4v) is 3.42. The van der Waals surface area contributed by atoms with E-state index >= 15 is 0 Å². The van der Waals surface area contributed by atoms with Gasteiger partial charge < -0.3 is 15.3 Å². The standard InChI is InChI=1S/C18H19N3O4S/c1-11(17(23)24)21(13-7-8-13)16(22)14-9-10-15(26-14)20-18(25)19-12-5-3-2-4-6-12/h2-6,9-11,13H,7-8H2,1H3,(H,23,24)(H2,19,20,25). The van der Waals surface area contributed by atoms with Crippen LogP contribution in [0.15, 0.2) is 42.5 Å². The Morgan fingerprint density at radius 3 is 2.42 bits per heavy atom. The summed E-state index contributed by atoms with van der Waals surface area (Å²) in [7, 11) is 0. The summed E-state index contributed by atoms with van der Waals surface area (Å²) >= 11 is 1.13. The molecular weight excluding hydrogens is 354 g/mol. The molecular formula is C18H19N3O4S. The minimum atomic E-state index is -1.03. The van der Waals surface area contributed by atoms with Crippen molar-refractivity contribution >= 4 is 39.9 Å². The van der Waals surface area contributed by atoms with E-state index in [1.807, 2.05) is 18.2 Å². The summed E-state index contributed by atoms with van der Waals surface area (Å²) in [6, 6.07) is 10.9. The normalized spacial score (nSPS) is 14.3. The molecule has 8 heteroatoms. The van der Waals surface area contributed by atoms with Gasteiger partial charge in [-0.15, -0.1) is 11.3 Å². The molecule has 0 spiro atoms. The summed E-state index contributed by atoms with van der Waals surface area (Å²) in [4.78, 5) is 37.8. The molecule has 1 fully saturated rings. The topological polar surface area (TPSA) is 98.7 Å². The highest BCUT2D eigenvalue weighted by Crippen LogP contribution is 2.32. The molecule has 3 amide bonds. The lowest BCUT2D eigenvalue weighted by molar-refractivity contribution is -0.141. The smallest absolute Gasteiger partial charge is 0.326 e. The second kappa shape index (κ2) is 7.57. The van der Waals surface area contributed by atoms with E-state index in [0.29, 0.717) is 15.6 Å². The Morgan fingerprint density at radius 1 is 1.12 bits per heavy atom. The van der Waals surface area contributed by atoms with Crippen LogP contribution < -0.4 is 10.6 Å². The highest BCUT2D eigenvalue weighted by molar-refractivity contribution is 7.18. The maximum Gasteiger partial charge on any atom is 0.326 e. The number of benzene rings is 1. The fourth-order valence-electron chi connectivity index (χ4n) is 2.57. The van der Waals surface area contributed by atoms with Crippen molar-refractivity contribution in [1.82, 2.24) is 4.90 Å². The molecule has 3 rings (SSSR count). The van der Waals surface area contributed by atoms with Crippen LogP contribution in [0.4, 0.5) is 15.5 Å². The molecule has 26 heavy (non-hydrogen) atoms. The van der Waals surface area contributed by atoms with Crippen LogP contribution in [0.2, 0.25) is 0 Å². The van der Waals surface area contributed by atoms with Gasteiger partial charge in [-0.1, -0.05) is 18.2 Å². The number of rotatable bonds is 6. The van der Waals surface area contributed by atoms with Crippen molar-refractivity contribution < 1.29 is 19.5 Å². The number of hydrogen-bond donors (Lipinski definition) is 3. The first-order valence-corrected chi connectivity index (χ1v) is 9.05. The Hall–Kier alpha value is -2.87. The second-order valence-electron chi connectivity index (χ2n) is 6.07. The molecule has 136 valence electrons. The van der Waals surface area contributed by atoms with Crippen molar-refractivity contribution in [2.45, 2.75) is 31.8 Å². The molecule has 1 saturated carbocycles. The Balaban J connectivity index is 1.66. The van der Waals surface area contributed by atoms with Crippen LogP contribution in [0.25, 0.3) is 0 Å². The van der Waals surface area contributed by atoms with Gasteiger partial charge in [-0.25, -0.2) is 9.59 Å². The number of hydrogen-bond acceptors (Lipinski definition) is 4. The number of para-hydroxylation sites is 1. The number of nitrogens with one attached hydrogen (secondary N) is 2. The van der Waals surface area contributed by atoms with Gasteiger partial charge in [0.15, 0.2) is 0 Å². The summed E-state index contributed by atoms with van der Waals surface area (Å²) in [6.45, 7) is 1.51. The second-order valence-corrected chi connectivity index (χ2v) is 7.15. The van der Waals surface area contributed by atoms with Gasteiger partial charge in [0.2, 0.25) is 0 Å². The molecule has 1 aromatic heterocycles. The molecule has 1 aliphatic rings. The molecule has 7 nitrogen and oxygen atoms in total. The molecule has 1 aromatic carbocycles.